The Hall–Kier alpha value is -1.83. The molecular weight excluding hydrogens is 342 g/mol. The molecule has 1 atom stereocenters. The molecule has 2 aliphatic heterocycles. The van der Waals surface area contributed by atoms with Gasteiger partial charge in [-0.1, -0.05) is 0 Å². The van der Waals surface area contributed by atoms with Gasteiger partial charge in [0.15, 0.2) is 6.10 Å². The molecule has 0 N–H and O–H groups in total. The Bertz CT molecular complexity index is 703. The number of ether oxygens (including phenoxy) is 1. The minimum Gasteiger partial charge on any atom is -0.365 e. The van der Waals surface area contributed by atoms with E-state index in [-0.39, 0.29) is 31.8 Å². The first-order valence-corrected chi connectivity index (χ1v) is 9.32. The maximum atomic E-state index is 13.3. The van der Waals surface area contributed by atoms with Gasteiger partial charge < -0.3 is 14.5 Å². The number of alkyl halides is 2. The number of amides is 1. The van der Waals surface area contributed by atoms with E-state index in [4.69, 9.17) is 4.74 Å². The van der Waals surface area contributed by atoms with E-state index >= 15 is 0 Å². The molecule has 0 bridgehead atoms. The molecule has 2 saturated heterocycles. The standard InChI is InChI=1S/C18H24F2N4O2/c1-12-21-14-4-2-3-13(14)16(22-12)24-9-10-26-15(11-24)17(25)23-7-5-18(19,20)6-8-23/h15H,2-11H2,1H3. The molecule has 26 heavy (non-hydrogen) atoms. The van der Waals surface area contributed by atoms with Gasteiger partial charge in [-0.05, 0) is 26.2 Å². The van der Waals surface area contributed by atoms with E-state index in [1.54, 1.807) is 0 Å². The summed E-state index contributed by atoms with van der Waals surface area (Å²) in [6.45, 7) is 3.58. The summed E-state index contributed by atoms with van der Waals surface area (Å²) in [5, 5.41) is 0. The maximum absolute atomic E-state index is 13.3. The van der Waals surface area contributed by atoms with Crippen LogP contribution in [0.2, 0.25) is 0 Å². The summed E-state index contributed by atoms with van der Waals surface area (Å²) in [4.78, 5) is 25.5. The lowest BCUT2D eigenvalue weighted by Gasteiger charge is -2.38. The molecular formula is C18H24F2N4O2. The Morgan fingerprint density at radius 1 is 1.19 bits per heavy atom. The molecule has 142 valence electrons. The lowest BCUT2D eigenvalue weighted by molar-refractivity contribution is -0.150. The van der Waals surface area contributed by atoms with Gasteiger partial charge >= 0.3 is 0 Å². The molecule has 1 aromatic heterocycles. The molecule has 2 fully saturated rings. The summed E-state index contributed by atoms with van der Waals surface area (Å²) in [5.41, 5.74) is 2.29. The van der Waals surface area contributed by atoms with Crippen LogP contribution in [-0.2, 0) is 22.4 Å². The third kappa shape index (κ3) is 3.39. The van der Waals surface area contributed by atoms with Gasteiger partial charge in [-0.25, -0.2) is 18.7 Å². The van der Waals surface area contributed by atoms with E-state index in [0.29, 0.717) is 19.7 Å². The molecule has 0 spiro atoms. The number of aryl methyl sites for hydroxylation is 2. The van der Waals surface area contributed by atoms with Crippen molar-refractivity contribution in [2.24, 2.45) is 0 Å². The molecule has 0 saturated carbocycles. The summed E-state index contributed by atoms with van der Waals surface area (Å²) in [5.74, 6) is -1.19. The van der Waals surface area contributed by atoms with Crippen molar-refractivity contribution in [2.45, 2.75) is 51.1 Å². The normalized spacial score (nSPS) is 25.3. The molecule has 1 amide bonds. The van der Waals surface area contributed by atoms with Crippen LogP contribution < -0.4 is 4.90 Å². The number of rotatable bonds is 2. The molecule has 4 rings (SSSR count). The predicted molar refractivity (Wildman–Crippen MR) is 91.5 cm³/mol. The second-order valence-electron chi connectivity index (χ2n) is 7.36. The van der Waals surface area contributed by atoms with Gasteiger partial charge in [-0.15, -0.1) is 0 Å². The van der Waals surface area contributed by atoms with Crippen molar-refractivity contribution in [3.8, 4) is 0 Å². The Balaban J connectivity index is 1.48. The van der Waals surface area contributed by atoms with Crippen LogP contribution in [0.4, 0.5) is 14.6 Å². The fourth-order valence-electron chi connectivity index (χ4n) is 4.04. The van der Waals surface area contributed by atoms with Gasteiger partial charge in [0.05, 0.1) is 13.2 Å². The molecule has 8 heteroatoms. The first kappa shape index (κ1) is 17.6. The number of hydrogen-bond acceptors (Lipinski definition) is 5. The quantitative estimate of drug-likeness (QED) is 0.798. The minimum atomic E-state index is -2.66. The lowest BCUT2D eigenvalue weighted by atomic mass is 10.1. The highest BCUT2D eigenvalue weighted by Gasteiger charge is 2.39. The van der Waals surface area contributed by atoms with Gasteiger partial charge in [0.25, 0.3) is 11.8 Å². The number of fused-ring (bicyclic) bond motifs is 1. The molecule has 1 unspecified atom stereocenters. The Morgan fingerprint density at radius 3 is 2.73 bits per heavy atom. The number of hydrogen-bond donors (Lipinski definition) is 0. The van der Waals surface area contributed by atoms with Crippen molar-refractivity contribution in [2.75, 3.05) is 37.7 Å². The van der Waals surface area contributed by atoms with Crippen LogP contribution in [0.1, 0.15) is 36.3 Å². The van der Waals surface area contributed by atoms with Crippen LogP contribution in [-0.4, -0.2) is 65.6 Å². The number of carbonyl (C=O) groups excluding carboxylic acids is 1. The van der Waals surface area contributed by atoms with Crippen molar-refractivity contribution in [3.05, 3.63) is 17.1 Å². The molecule has 0 aromatic carbocycles. The van der Waals surface area contributed by atoms with E-state index in [9.17, 15) is 13.6 Å². The number of anilines is 1. The minimum absolute atomic E-state index is 0.0910. The Labute approximate surface area is 151 Å². The first-order chi connectivity index (χ1) is 12.4. The van der Waals surface area contributed by atoms with Crippen LogP contribution in [0.3, 0.4) is 0 Å². The van der Waals surface area contributed by atoms with Crippen LogP contribution in [0.15, 0.2) is 0 Å². The van der Waals surface area contributed by atoms with E-state index in [0.717, 1.165) is 36.6 Å². The van der Waals surface area contributed by atoms with E-state index in [1.807, 2.05) is 6.92 Å². The fourth-order valence-corrected chi connectivity index (χ4v) is 4.04. The van der Waals surface area contributed by atoms with Crippen LogP contribution >= 0.6 is 0 Å². The Kier molecular flexibility index (Phi) is 4.54. The number of morpholine rings is 1. The van der Waals surface area contributed by atoms with Crippen LogP contribution in [0.25, 0.3) is 0 Å². The average Bonchev–Trinajstić information content (AvgIpc) is 3.09. The number of aromatic nitrogens is 2. The van der Waals surface area contributed by atoms with Crippen molar-refractivity contribution < 1.29 is 18.3 Å². The van der Waals surface area contributed by atoms with E-state index in [2.05, 4.69) is 14.9 Å². The third-order valence-electron chi connectivity index (χ3n) is 5.47. The van der Waals surface area contributed by atoms with Crippen molar-refractivity contribution in [1.82, 2.24) is 14.9 Å². The fraction of sp³-hybridized carbons (Fsp3) is 0.722. The van der Waals surface area contributed by atoms with Gasteiger partial charge in [-0.3, -0.25) is 4.79 Å². The SMILES string of the molecule is Cc1nc2c(c(N3CCOC(C(=O)N4CCC(F)(F)CC4)C3)n1)CCC2. The summed E-state index contributed by atoms with van der Waals surface area (Å²) in [6.07, 6.45) is 1.85. The first-order valence-electron chi connectivity index (χ1n) is 9.32. The zero-order valence-corrected chi connectivity index (χ0v) is 15.0. The molecule has 3 aliphatic rings. The molecule has 6 nitrogen and oxygen atoms in total. The van der Waals surface area contributed by atoms with Crippen molar-refractivity contribution >= 4 is 11.7 Å². The smallest absolute Gasteiger partial charge is 0.253 e. The highest BCUT2D eigenvalue weighted by atomic mass is 19.3. The Morgan fingerprint density at radius 2 is 1.96 bits per heavy atom. The summed E-state index contributed by atoms with van der Waals surface area (Å²) in [6, 6.07) is 0. The largest absolute Gasteiger partial charge is 0.365 e. The van der Waals surface area contributed by atoms with Crippen LogP contribution in [0, 0.1) is 6.92 Å². The number of likely N-dealkylation sites (tertiary alicyclic amines) is 1. The highest BCUT2D eigenvalue weighted by molar-refractivity contribution is 5.82. The van der Waals surface area contributed by atoms with Crippen molar-refractivity contribution in [3.63, 3.8) is 0 Å². The summed E-state index contributed by atoms with van der Waals surface area (Å²) in [7, 11) is 0. The van der Waals surface area contributed by atoms with Crippen molar-refractivity contribution in [1.29, 1.82) is 0 Å². The van der Waals surface area contributed by atoms with Gasteiger partial charge in [-0.2, -0.15) is 0 Å². The number of nitrogens with zero attached hydrogens (tertiary/aromatic N) is 4. The zero-order valence-electron chi connectivity index (χ0n) is 15.0. The molecule has 1 aliphatic carbocycles. The second kappa shape index (κ2) is 6.72. The maximum Gasteiger partial charge on any atom is 0.253 e. The van der Waals surface area contributed by atoms with Gasteiger partial charge in [0.2, 0.25) is 0 Å². The van der Waals surface area contributed by atoms with E-state index in [1.165, 1.54) is 10.5 Å². The van der Waals surface area contributed by atoms with Gasteiger partial charge in [0, 0.05) is 43.7 Å². The van der Waals surface area contributed by atoms with Gasteiger partial charge in [0.1, 0.15) is 11.6 Å². The average molecular weight is 366 g/mol. The monoisotopic (exact) mass is 366 g/mol. The number of piperidine rings is 1. The van der Waals surface area contributed by atoms with E-state index < -0.39 is 12.0 Å². The highest BCUT2D eigenvalue weighted by Crippen LogP contribution is 2.31. The molecule has 3 heterocycles. The number of halogens is 2. The lowest BCUT2D eigenvalue weighted by Crippen LogP contribution is -2.54. The zero-order chi connectivity index (χ0) is 18.3. The predicted octanol–water partition coefficient (Wildman–Crippen LogP) is 1.74. The van der Waals surface area contributed by atoms with Crippen LogP contribution in [0.5, 0.6) is 0 Å². The topological polar surface area (TPSA) is 58.6 Å². The second-order valence-corrected chi connectivity index (χ2v) is 7.36. The molecule has 0 radical (unpaired) electrons. The summed E-state index contributed by atoms with van der Waals surface area (Å²) >= 11 is 0. The third-order valence-corrected chi connectivity index (χ3v) is 5.47. The molecule has 1 aromatic rings. The number of carbonyl (C=O) groups is 1. The summed E-state index contributed by atoms with van der Waals surface area (Å²) < 4.78 is 32.4.